The van der Waals surface area contributed by atoms with Crippen LogP contribution in [0.15, 0.2) is 60.8 Å². The van der Waals surface area contributed by atoms with Crippen LogP contribution in [0, 0.1) is 0 Å². The first-order valence-corrected chi connectivity index (χ1v) is 25.8. The van der Waals surface area contributed by atoms with E-state index in [-0.39, 0.29) is 31.1 Å². The molecular formula is C55H96O6. The maximum atomic E-state index is 12.8. The molecule has 0 radical (unpaired) electrons. The molecule has 0 rings (SSSR count). The fraction of sp³-hybridized carbons (Fsp3) is 0.764. The van der Waals surface area contributed by atoms with Gasteiger partial charge < -0.3 is 14.2 Å². The van der Waals surface area contributed by atoms with Crippen LogP contribution in [-0.2, 0) is 28.6 Å². The molecule has 0 spiro atoms. The molecule has 0 fully saturated rings. The molecule has 0 aromatic rings. The Hall–Kier alpha value is -2.89. The highest BCUT2D eigenvalue weighted by molar-refractivity contribution is 5.71. The number of carbonyl (C=O) groups is 3. The fourth-order valence-corrected chi connectivity index (χ4v) is 7.20. The summed E-state index contributed by atoms with van der Waals surface area (Å²) in [5.74, 6) is -0.921. The smallest absolute Gasteiger partial charge is 0.306 e. The van der Waals surface area contributed by atoms with E-state index in [1.54, 1.807) is 0 Å². The molecule has 0 aromatic heterocycles. The number of hydrogen-bond donors (Lipinski definition) is 0. The van der Waals surface area contributed by atoms with E-state index in [0.717, 1.165) is 83.5 Å². The van der Waals surface area contributed by atoms with Crippen molar-refractivity contribution in [2.45, 2.75) is 258 Å². The van der Waals surface area contributed by atoms with Crippen LogP contribution in [-0.4, -0.2) is 37.2 Å². The molecule has 0 aromatic carbocycles. The van der Waals surface area contributed by atoms with Crippen molar-refractivity contribution in [3.63, 3.8) is 0 Å². The molecule has 6 heteroatoms. The van der Waals surface area contributed by atoms with Crippen molar-refractivity contribution >= 4 is 17.9 Å². The number of hydrogen-bond acceptors (Lipinski definition) is 6. The summed E-state index contributed by atoms with van der Waals surface area (Å²) in [5.41, 5.74) is 0. The minimum atomic E-state index is -0.788. The Morgan fingerprint density at radius 2 is 0.639 bits per heavy atom. The number of esters is 3. The predicted octanol–water partition coefficient (Wildman–Crippen LogP) is 16.9. The minimum absolute atomic E-state index is 0.0860. The van der Waals surface area contributed by atoms with Crippen molar-refractivity contribution < 1.29 is 28.6 Å². The molecular weight excluding hydrogens is 757 g/mol. The van der Waals surface area contributed by atoms with Gasteiger partial charge in [0.15, 0.2) is 6.10 Å². The van der Waals surface area contributed by atoms with Gasteiger partial charge in [-0.3, -0.25) is 14.4 Å². The first-order valence-electron chi connectivity index (χ1n) is 25.8. The van der Waals surface area contributed by atoms with Crippen LogP contribution >= 0.6 is 0 Å². The predicted molar refractivity (Wildman–Crippen MR) is 261 cm³/mol. The van der Waals surface area contributed by atoms with Gasteiger partial charge in [-0.1, -0.05) is 229 Å². The maximum Gasteiger partial charge on any atom is 0.306 e. The average Bonchev–Trinajstić information content (AvgIpc) is 3.26. The van der Waals surface area contributed by atoms with Gasteiger partial charge in [0, 0.05) is 19.3 Å². The average molecular weight is 853 g/mol. The molecule has 1 unspecified atom stereocenters. The summed E-state index contributed by atoms with van der Waals surface area (Å²) in [6.07, 6.45) is 60.6. The van der Waals surface area contributed by atoms with Crippen molar-refractivity contribution in [2.75, 3.05) is 13.2 Å². The first kappa shape index (κ1) is 58.1. The van der Waals surface area contributed by atoms with Crippen molar-refractivity contribution in [3.8, 4) is 0 Å². The minimum Gasteiger partial charge on any atom is -0.462 e. The first-order chi connectivity index (χ1) is 30.0. The van der Waals surface area contributed by atoms with E-state index < -0.39 is 6.10 Å². The lowest BCUT2D eigenvalue weighted by atomic mass is 10.0. The van der Waals surface area contributed by atoms with E-state index in [4.69, 9.17) is 14.2 Å². The summed E-state index contributed by atoms with van der Waals surface area (Å²) in [5, 5.41) is 0. The van der Waals surface area contributed by atoms with Crippen LogP contribution in [0.5, 0.6) is 0 Å². The molecule has 0 bridgehead atoms. The van der Waals surface area contributed by atoms with Crippen molar-refractivity contribution in [1.29, 1.82) is 0 Å². The molecule has 0 N–H and O–H groups in total. The van der Waals surface area contributed by atoms with Crippen LogP contribution in [0.1, 0.15) is 252 Å². The second kappa shape index (κ2) is 49.8. The third kappa shape index (κ3) is 48.0. The second-order valence-corrected chi connectivity index (χ2v) is 17.1. The number of carbonyl (C=O) groups excluding carboxylic acids is 3. The summed E-state index contributed by atoms with van der Waals surface area (Å²) in [6, 6.07) is 0. The van der Waals surface area contributed by atoms with Gasteiger partial charge in [-0.2, -0.15) is 0 Å². The summed E-state index contributed by atoms with van der Waals surface area (Å²) < 4.78 is 16.8. The van der Waals surface area contributed by atoms with Crippen molar-refractivity contribution in [1.82, 2.24) is 0 Å². The lowest BCUT2D eigenvalue weighted by Gasteiger charge is -2.18. The van der Waals surface area contributed by atoms with E-state index in [2.05, 4.69) is 81.5 Å². The van der Waals surface area contributed by atoms with Gasteiger partial charge in [-0.05, 0) is 64.2 Å². The third-order valence-electron chi connectivity index (χ3n) is 11.1. The Balaban J connectivity index is 4.43. The largest absolute Gasteiger partial charge is 0.462 e. The van der Waals surface area contributed by atoms with Crippen molar-refractivity contribution in [3.05, 3.63) is 60.8 Å². The van der Waals surface area contributed by atoms with Crippen LogP contribution in [0.25, 0.3) is 0 Å². The molecule has 0 aliphatic carbocycles. The summed E-state index contributed by atoms with van der Waals surface area (Å²) in [7, 11) is 0. The van der Waals surface area contributed by atoms with Gasteiger partial charge in [0.25, 0.3) is 0 Å². The molecule has 61 heavy (non-hydrogen) atoms. The number of allylic oxidation sites excluding steroid dienone is 10. The van der Waals surface area contributed by atoms with E-state index in [9.17, 15) is 14.4 Å². The standard InChI is InChI=1S/C55H96O6/c1-4-7-10-13-16-19-22-25-27-29-30-33-36-39-42-45-48-54(57)60-51-52(50-59-53(56)47-44-41-38-35-32-24-21-18-15-12-9-6-3)61-55(58)49-46-43-40-37-34-31-28-26-23-20-17-14-11-8-5-2/h8,11,14,17,20,23,27,29-30,33,52H,4-7,9-10,12-13,15-16,18-19,21-22,24-26,28,31-32,34-51H2,1-3H3/b11-8-,17-14-,23-20-,29-27-,33-30-. The summed E-state index contributed by atoms with van der Waals surface area (Å²) in [6.45, 7) is 6.47. The molecule has 0 aliphatic heterocycles. The molecule has 6 nitrogen and oxygen atoms in total. The summed E-state index contributed by atoms with van der Waals surface area (Å²) in [4.78, 5) is 37.9. The number of unbranched alkanes of at least 4 members (excludes halogenated alkanes) is 28. The quantitative estimate of drug-likeness (QED) is 0.0263. The zero-order valence-electron chi connectivity index (χ0n) is 40.2. The SMILES string of the molecule is CC\C=C/C=C\C=C/CCCCCCCCCC(=O)OC(COC(=O)CCCCC/C=C\C=C/CCCCCCCCC)COC(=O)CCCCCCCCCCCCCC. The van der Waals surface area contributed by atoms with Gasteiger partial charge in [0.2, 0.25) is 0 Å². The lowest BCUT2D eigenvalue weighted by Crippen LogP contribution is -2.30. The Morgan fingerprint density at radius 1 is 0.344 bits per heavy atom. The van der Waals surface area contributed by atoms with Crippen LogP contribution in [0.4, 0.5) is 0 Å². The van der Waals surface area contributed by atoms with Gasteiger partial charge in [0.1, 0.15) is 13.2 Å². The van der Waals surface area contributed by atoms with Gasteiger partial charge in [-0.15, -0.1) is 0 Å². The normalized spacial score (nSPS) is 12.5. The Kier molecular flexibility index (Phi) is 47.4. The van der Waals surface area contributed by atoms with Crippen molar-refractivity contribution in [2.24, 2.45) is 0 Å². The molecule has 0 saturated heterocycles. The fourth-order valence-electron chi connectivity index (χ4n) is 7.20. The number of ether oxygens (including phenoxy) is 3. The van der Waals surface area contributed by atoms with E-state index >= 15 is 0 Å². The summed E-state index contributed by atoms with van der Waals surface area (Å²) >= 11 is 0. The highest BCUT2D eigenvalue weighted by Crippen LogP contribution is 2.15. The van der Waals surface area contributed by atoms with Gasteiger partial charge in [-0.25, -0.2) is 0 Å². The topological polar surface area (TPSA) is 78.9 Å². The highest BCUT2D eigenvalue weighted by atomic mass is 16.6. The molecule has 0 saturated carbocycles. The Labute approximate surface area is 377 Å². The monoisotopic (exact) mass is 853 g/mol. The maximum absolute atomic E-state index is 12.8. The molecule has 0 heterocycles. The highest BCUT2D eigenvalue weighted by Gasteiger charge is 2.19. The number of rotatable bonds is 46. The van der Waals surface area contributed by atoms with Crippen LogP contribution in [0.2, 0.25) is 0 Å². The second-order valence-electron chi connectivity index (χ2n) is 17.1. The Bertz CT molecular complexity index is 1120. The van der Waals surface area contributed by atoms with Crippen LogP contribution in [0.3, 0.4) is 0 Å². The molecule has 0 aliphatic rings. The van der Waals surface area contributed by atoms with Crippen LogP contribution < -0.4 is 0 Å². The van der Waals surface area contributed by atoms with E-state index in [1.807, 2.05) is 0 Å². The lowest BCUT2D eigenvalue weighted by molar-refractivity contribution is -0.167. The van der Waals surface area contributed by atoms with Gasteiger partial charge in [0.05, 0.1) is 0 Å². The Morgan fingerprint density at radius 3 is 1.02 bits per heavy atom. The molecule has 352 valence electrons. The van der Waals surface area contributed by atoms with E-state index in [1.165, 1.54) is 128 Å². The van der Waals surface area contributed by atoms with E-state index in [0.29, 0.717) is 19.3 Å². The zero-order chi connectivity index (χ0) is 44.4. The third-order valence-corrected chi connectivity index (χ3v) is 11.1. The molecule has 0 amide bonds. The van der Waals surface area contributed by atoms with Gasteiger partial charge >= 0.3 is 17.9 Å². The zero-order valence-corrected chi connectivity index (χ0v) is 40.2. The molecule has 1 atom stereocenters.